The van der Waals surface area contributed by atoms with Crippen LogP contribution in [0.4, 0.5) is 4.79 Å². The first-order chi connectivity index (χ1) is 13.5. The van der Waals surface area contributed by atoms with Gasteiger partial charge in [-0.1, -0.05) is 66.2 Å². The zero-order valence-electron chi connectivity index (χ0n) is 15.6. The summed E-state index contributed by atoms with van der Waals surface area (Å²) in [5.74, 6) is -0.165. The van der Waals surface area contributed by atoms with Crippen LogP contribution < -0.4 is 16.4 Å². The van der Waals surface area contributed by atoms with E-state index in [1.807, 2.05) is 79.0 Å². The van der Waals surface area contributed by atoms with Crippen LogP contribution in [0.2, 0.25) is 0 Å². The minimum Gasteiger partial charge on any atom is -0.352 e. The highest BCUT2D eigenvalue weighted by Gasteiger charge is 2.22. The van der Waals surface area contributed by atoms with E-state index >= 15 is 0 Å². The first-order valence-corrected chi connectivity index (χ1v) is 9.91. The Labute approximate surface area is 168 Å². The van der Waals surface area contributed by atoms with E-state index in [2.05, 4.69) is 10.6 Å². The van der Waals surface area contributed by atoms with Crippen molar-refractivity contribution in [1.29, 1.82) is 0 Å². The number of hydrogen-bond acceptors (Lipinski definition) is 3. The highest BCUT2D eigenvalue weighted by Crippen LogP contribution is 2.27. The Morgan fingerprint density at radius 2 is 1.64 bits per heavy atom. The predicted molar refractivity (Wildman–Crippen MR) is 112 cm³/mol. The van der Waals surface area contributed by atoms with Crippen molar-refractivity contribution in [2.45, 2.75) is 25.4 Å². The molecule has 3 rings (SSSR count). The second kappa shape index (κ2) is 9.19. The molecule has 3 aromatic rings. The molecule has 3 amide bonds. The summed E-state index contributed by atoms with van der Waals surface area (Å²) < 4.78 is 0. The Balaban J connectivity index is 1.79. The van der Waals surface area contributed by atoms with E-state index in [9.17, 15) is 9.59 Å². The molecule has 0 aliphatic carbocycles. The molecule has 0 aliphatic rings. The zero-order chi connectivity index (χ0) is 19.9. The van der Waals surface area contributed by atoms with Gasteiger partial charge in [0, 0.05) is 4.88 Å². The summed E-state index contributed by atoms with van der Waals surface area (Å²) in [5.41, 5.74) is 8.32. The fourth-order valence-electron chi connectivity index (χ4n) is 3.05. The molecular weight excluding hydrogens is 370 g/mol. The van der Waals surface area contributed by atoms with Gasteiger partial charge in [-0.25, -0.2) is 4.79 Å². The standard InChI is InChI=1S/C22H23N3O2S/c1-15-9-11-17(12-10-15)21(19-8-5-13-28-19)25-20(26)14-18(24-22(23)27)16-6-3-2-4-7-16/h2-13,18,21H,14H2,1H3,(H,25,26)(H3,23,24,27)/t18-,21+/m1/s1. The van der Waals surface area contributed by atoms with E-state index in [4.69, 9.17) is 5.73 Å². The summed E-state index contributed by atoms with van der Waals surface area (Å²) in [4.78, 5) is 25.3. The molecule has 0 unspecified atom stereocenters. The number of nitrogens with one attached hydrogen (secondary N) is 2. The first-order valence-electron chi connectivity index (χ1n) is 9.03. The number of primary amides is 1. The molecule has 5 nitrogen and oxygen atoms in total. The molecule has 2 aromatic carbocycles. The molecule has 0 saturated carbocycles. The summed E-state index contributed by atoms with van der Waals surface area (Å²) in [5, 5.41) is 7.76. The minimum atomic E-state index is -0.657. The van der Waals surface area contributed by atoms with Crippen LogP contribution in [0.5, 0.6) is 0 Å². The van der Waals surface area contributed by atoms with E-state index in [0.717, 1.165) is 21.6 Å². The maximum Gasteiger partial charge on any atom is 0.312 e. The molecule has 1 aromatic heterocycles. The molecule has 1 heterocycles. The lowest BCUT2D eigenvalue weighted by Crippen LogP contribution is -2.37. The maximum absolute atomic E-state index is 12.9. The van der Waals surface area contributed by atoms with Crippen molar-refractivity contribution in [2.24, 2.45) is 5.73 Å². The van der Waals surface area contributed by atoms with Crippen molar-refractivity contribution >= 4 is 23.3 Å². The van der Waals surface area contributed by atoms with Crippen LogP contribution in [0.1, 0.15) is 40.1 Å². The van der Waals surface area contributed by atoms with Crippen LogP contribution in [0.15, 0.2) is 72.1 Å². The number of benzene rings is 2. The van der Waals surface area contributed by atoms with Crippen molar-refractivity contribution in [1.82, 2.24) is 10.6 Å². The number of amides is 3. The maximum atomic E-state index is 12.9. The third-order valence-corrected chi connectivity index (χ3v) is 5.39. The summed E-state index contributed by atoms with van der Waals surface area (Å²) in [6.07, 6.45) is 0.0979. The van der Waals surface area contributed by atoms with Gasteiger partial charge in [-0.05, 0) is 29.5 Å². The molecule has 2 atom stereocenters. The quantitative estimate of drug-likeness (QED) is 0.565. The van der Waals surface area contributed by atoms with E-state index < -0.39 is 12.1 Å². The van der Waals surface area contributed by atoms with Crippen LogP contribution in [-0.4, -0.2) is 11.9 Å². The number of rotatable bonds is 7. The van der Waals surface area contributed by atoms with Crippen LogP contribution >= 0.6 is 11.3 Å². The van der Waals surface area contributed by atoms with Gasteiger partial charge in [-0.2, -0.15) is 0 Å². The van der Waals surface area contributed by atoms with Crippen molar-refractivity contribution in [2.75, 3.05) is 0 Å². The van der Waals surface area contributed by atoms with Gasteiger partial charge < -0.3 is 16.4 Å². The number of thiophene rings is 1. The number of carbonyl (C=O) groups excluding carboxylic acids is 2. The summed E-state index contributed by atoms with van der Waals surface area (Å²) in [6.45, 7) is 2.03. The molecular formula is C22H23N3O2S. The average Bonchev–Trinajstić information content (AvgIpc) is 3.21. The second-order valence-electron chi connectivity index (χ2n) is 6.60. The van der Waals surface area contributed by atoms with Crippen LogP contribution in [-0.2, 0) is 4.79 Å². The van der Waals surface area contributed by atoms with Crippen molar-refractivity contribution in [3.8, 4) is 0 Å². The van der Waals surface area contributed by atoms with Crippen LogP contribution in [0, 0.1) is 6.92 Å². The molecule has 0 radical (unpaired) electrons. The largest absolute Gasteiger partial charge is 0.352 e. The Hall–Kier alpha value is -3.12. The van der Waals surface area contributed by atoms with Gasteiger partial charge in [0.05, 0.1) is 18.5 Å². The van der Waals surface area contributed by atoms with Gasteiger partial charge in [-0.15, -0.1) is 11.3 Å². The van der Waals surface area contributed by atoms with Gasteiger partial charge in [0.25, 0.3) is 0 Å². The van der Waals surface area contributed by atoms with Crippen molar-refractivity contribution in [3.63, 3.8) is 0 Å². The number of hydrogen-bond donors (Lipinski definition) is 3. The second-order valence-corrected chi connectivity index (χ2v) is 7.58. The highest BCUT2D eigenvalue weighted by atomic mass is 32.1. The molecule has 0 saturated heterocycles. The normalized spacial score (nSPS) is 12.8. The Morgan fingerprint density at radius 1 is 0.929 bits per heavy atom. The molecule has 28 heavy (non-hydrogen) atoms. The molecule has 6 heteroatoms. The van der Waals surface area contributed by atoms with Gasteiger partial charge in [0.15, 0.2) is 0 Å². The topological polar surface area (TPSA) is 84.2 Å². The minimum absolute atomic E-state index is 0.0979. The van der Waals surface area contributed by atoms with E-state index in [0.29, 0.717) is 0 Å². The Kier molecular flexibility index (Phi) is 6.45. The Bertz CT molecular complexity index is 909. The molecule has 0 spiro atoms. The van der Waals surface area contributed by atoms with Crippen molar-refractivity contribution < 1.29 is 9.59 Å². The fraction of sp³-hybridized carbons (Fsp3) is 0.182. The number of nitrogens with two attached hydrogens (primary N) is 1. The molecule has 0 bridgehead atoms. The molecule has 0 fully saturated rings. The van der Waals surface area contributed by atoms with Gasteiger partial charge >= 0.3 is 6.03 Å². The monoisotopic (exact) mass is 393 g/mol. The van der Waals surface area contributed by atoms with E-state index in [-0.39, 0.29) is 18.4 Å². The summed E-state index contributed by atoms with van der Waals surface area (Å²) in [6, 6.07) is 20.0. The lowest BCUT2D eigenvalue weighted by Gasteiger charge is -2.22. The third kappa shape index (κ3) is 5.20. The molecule has 0 aliphatic heterocycles. The average molecular weight is 394 g/mol. The highest BCUT2D eigenvalue weighted by molar-refractivity contribution is 7.10. The van der Waals surface area contributed by atoms with Crippen LogP contribution in [0.25, 0.3) is 0 Å². The molecule has 144 valence electrons. The lowest BCUT2D eigenvalue weighted by atomic mass is 10.0. The van der Waals surface area contributed by atoms with Gasteiger partial charge in [0.1, 0.15) is 0 Å². The number of carbonyl (C=O) groups is 2. The Morgan fingerprint density at radius 3 is 2.25 bits per heavy atom. The van der Waals surface area contributed by atoms with Crippen molar-refractivity contribution in [3.05, 3.63) is 93.7 Å². The third-order valence-electron chi connectivity index (χ3n) is 4.45. The van der Waals surface area contributed by atoms with Gasteiger partial charge in [-0.3, -0.25) is 4.79 Å². The predicted octanol–water partition coefficient (Wildman–Crippen LogP) is 4.06. The summed E-state index contributed by atoms with van der Waals surface area (Å²) >= 11 is 1.59. The lowest BCUT2D eigenvalue weighted by molar-refractivity contribution is -0.122. The fourth-order valence-corrected chi connectivity index (χ4v) is 3.85. The van der Waals surface area contributed by atoms with E-state index in [1.54, 1.807) is 11.3 Å². The zero-order valence-corrected chi connectivity index (χ0v) is 16.4. The number of urea groups is 1. The van der Waals surface area contributed by atoms with Crippen LogP contribution in [0.3, 0.4) is 0 Å². The number of aryl methyl sites for hydroxylation is 1. The SMILES string of the molecule is Cc1ccc([C@H](NC(=O)C[C@@H](NC(N)=O)c2ccccc2)c2cccs2)cc1. The first kappa shape index (κ1) is 19.6. The van der Waals surface area contributed by atoms with E-state index in [1.165, 1.54) is 0 Å². The van der Waals surface area contributed by atoms with Gasteiger partial charge in [0.2, 0.25) is 5.91 Å². The summed E-state index contributed by atoms with van der Waals surface area (Å²) in [7, 11) is 0. The molecule has 4 N–H and O–H groups in total. The smallest absolute Gasteiger partial charge is 0.312 e.